The van der Waals surface area contributed by atoms with Crippen molar-refractivity contribution in [2.75, 3.05) is 11.9 Å². The van der Waals surface area contributed by atoms with Gasteiger partial charge in [0.15, 0.2) is 6.23 Å². The highest BCUT2D eigenvalue weighted by Crippen LogP contribution is 2.19. The molecule has 9 heteroatoms. The molecule has 0 aliphatic carbocycles. The number of rotatable bonds is 5. The Labute approximate surface area is 156 Å². The molecule has 140 valence electrons. The van der Waals surface area contributed by atoms with Crippen molar-refractivity contribution in [2.45, 2.75) is 31.8 Å². The zero-order chi connectivity index (χ0) is 18.8. The van der Waals surface area contributed by atoms with E-state index >= 15 is 0 Å². The first-order chi connectivity index (χ1) is 13.1. The molecule has 1 aliphatic rings. The smallest absolute Gasteiger partial charge is 0.246 e. The van der Waals surface area contributed by atoms with Crippen molar-refractivity contribution >= 4 is 11.9 Å². The first-order valence-corrected chi connectivity index (χ1v) is 8.78. The van der Waals surface area contributed by atoms with E-state index in [9.17, 15) is 9.90 Å². The van der Waals surface area contributed by atoms with Crippen LogP contribution in [0.1, 0.15) is 23.9 Å². The maximum Gasteiger partial charge on any atom is 0.246 e. The molecule has 0 saturated carbocycles. The molecular formula is C18H21N7O2. The summed E-state index contributed by atoms with van der Waals surface area (Å²) in [6.45, 7) is 1.20. The van der Waals surface area contributed by atoms with Gasteiger partial charge in [0.2, 0.25) is 11.9 Å². The lowest BCUT2D eigenvalue weighted by Gasteiger charge is -2.21. The molecule has 9 nitrogen and oxygen atoms in total. The van der Waals surface area contributed by atoms with Crippen LogP contribution >= 0.6 is 0 Å². The van der Waals surface area contributed by atoms with Crippen molar-refractivity contribution < 1.29 is 9.90 Å². The lowest BCUT2D eigenvalue weighted by Crippen LogP contribution is -2.45. The Hall–Kier alpha value is -3.04. The van der Waals surface area contributed by atoms with E-state index in [0.717, 1.165) is 5.56 Å². The molecule has 27 heavy (non-hydrogen) atoms. The molecule has 3 heterocycles. The molecule has 2 aromatic heterocycles. The number of carbonyl (C=O) groups excluding carboxylic acids is 1. The predicted octanol–water partition coefficient (Wildman–Crippen LogP) is 0.539. The maximum atomic E-state index is 12.7. The van der Waals surface area contributed by atoms with Gasteiger partial charge >= 0.3 is 0 Å². The topological polar surface area (TPSA) is 101 Å². The fourth-order valence-corrected chi connectivity index (χ4v) is 3.22. The minimum Gasteiger partial charge on any atom is -0.372 e. The van der Waals surface area contributed by atoms with Crippen LogP contribution in [0.15, 0.2) is 48.9 Å². The number of imidazole rings is 1. The van der Waals surface area contributed by atoms with Crippen LogP contribution < -0.4 is 10.2 Å². The number of aromatic nitrogens is 5. The number of anilines is 1. The van der Waals surface area contributed by atoms with Crippen LogP contribution in [0.3, 0.4) is 0 Å². The summed E-state index contributed by atoms with van der Waals surface area (Å²) in [5, 5.41) is 21.6. The number of benzene rings is 1. The molecule has 0 bridgehead atoms. The van der Waals surface area contributed by atoms with Crippen LogP contribution in [0.25, 0.3) is 0 Å². The van der Waals surface area contributed by atoms with Crippen LogP contribution in [0, 0.1) is 0 Å². The Morgan fingerprint density at radius 3 is 2.96 bits per heavy atom. The molecule has 2 N–H and O–H groups in total. The van der Waals surface area contributed by atoms with Gasteiger partial charge in [0.25, 0.3) is 0 Å². The van der Waals surface area contributed by atoms with E-state index in [1.807, 2.05) is 41.1 Å². The van der Waals surface area contributed by atoms with E-state index in [4.69, 9.17) is 0 Å². The fourth-order valence-electron chi connectivity index (χ4n) is 3.22. The fraction of sp³-hybridized carbons (Fsp3) is 0.333. The highest BCUT2D eigenvalue weighted by Gasteiger charge is 2.30. The molecule has 3 aromatic rings. The number of carbonyl (C=O) groups is 1. The first-order valence-electron chi connectivity index (χ1n) is 8.78. The summed E-state index contributed by atoms with van der Waals surface area (Å²) in [4.78, 5) is 18.4. The summed E-state index contributed by atoms with van der Waals surface area (Å²) in [5.41, 5.74) is 1.47. The normalized spacial score (nSPS) is 18.2. The molecule has 0 saturated heterocycles. The van der Waals surface area contributed by atoms with Crippen LogP contribution in [-0.4, -0.2) is 48.6 Å². The molecule has 2 unspecified atom stereocenters. The lowest BCUT2D eigenvalue weighted by molar-refractivity contribution is -0.121. The Bertz CT molecular complexity index is 921. The molecule has 2 atom stereocenters. The summed E-state index contributed by atoms with van der Waals surface area (Å²) in [6, 6.07) is 9.34. The average molecular weight is 367 g/mol. The maximum absolute atomic E-state index is 12.7. The van der Waals surface area contributed by atoms with Crippen LogP contribution in [-0.2, 0) is 17.9 Å². The third-order valence-corrected chi connectivity index (χ3v) is 4.66. The second-order valence-corrected chi connectivity index (χ2v) is 6.55. The molecule has 0 radical (unpaired) electrons. The van der Waals surface area contributed by atoms with E-state index < -0.39 is 12.3 Å². The third-order valence-electron chi connectivity index (χ3n) is 4.66. The zero-order valence-electron chi connectivity index (χ0n) is 14.9. The summed E-state index contributed by atoms with van der Waals surface area (Å²) >= 11 is 0. The molecule has 0 fully saturated rings. The van der Waals surface area contributed by atoms with Crippen molar-refractivity contribution in [3.05, 3.63) is 60.2 Å². The number of hydrogen-bond acceptors (Lipinski definition) is 6. The predicted molar refractivity (Wildman–Crippen MR) is 97.7 cm³/mol. The number of hydrogen-bond donors (Lipinski definition) is 2. The number of aryl methyl sites for hydroxylation is 1. The SMILES string of the molecule is CN1C(=O)C(NC(O)c2cn(Cc3ccccc3)nn2)CCn2ccnc21. The average Bonchev–Trinajstić information content (AvgIpc) is 3.32. The van der Waals surface area contributed by atoms with Crippen LogP contribution in [0.2, 0.25) is 0 Å². The van der Waals surface area contributed by atoms with Gasteiger partial charge in [0.1, 0.15) is 5.69 Å². The number of aliphatic hydroxyl groups excluding tert-OH is 1. The van der Waals surface area contributed by atoms with Gasteiger partial charge in [0, 0.05) is 26.0 Å². The highest BCUT2D eigenvalue weighted by molar-refractivity contribution is 5.95. The van der Waals surface area contributed by atoms with Gasteiger partial charge in [-0.15, -0.1) is 5.10 Å². The number of nitrogens with one attached hydrogen (secondary N) is 1. The van der Waals surface area contributed by atoms with Gasteiger partial charge in [-0.05, 0) is 12.0 Å². The van der Waals surface area contributed by atoms with E-state index in [1.54, 1.807) is 24.1 Å². The van der Waals surface area contributed by atoms with Crippen molar-refractivity contribution in [1.29, 1.82) is 0 Å². The molecule has 1 aliphatic heterocycles. The Morgan fingerprint density at radius 1 is 1.33 bits per heavy atom. The zero-order valence-corrected chi connectivity index (χ0v) is 14.9. The summed E-state index contributed by atoms with van der Waals surface area (Å²) < 4.78 is 3.58. The number of fused-ring (bicyclic) bond motifs is 1. The molecule has 1 amide bonds. The lowest BCUT2D eigenvalue weighted by atomic mass is 10.1. The molecular weight excluding hydrogens is 346 g/mol. The number of nitrogens with zero attached hydrogens (tertiary/aromatic N) is 6. The second kappa shape index (κ2) is 7.29. The second-order valence-electron chi connectivity index (χ2n) is 6.55. The van der Waals surface area contributed by atoms with E-state index in [0.29, 0.717) is 31.2 Å². The van der Waals surface area contributed by atoms with Gasteiger partial charge in [-0.1, -0.05) is 35.5 Å². The first kappa shape index (κ1) is 17.4. The van der Waals surface area contributed by atoms with Crippen molar-refractivity contribution in [1.82, 2.24) is 29.9 Å². The third kappa shape index (κ3) is 3.60. The van der Waals surface area contributed by atoms with E-state index in [1.165, 1.54) is 4.90 Å². The summed E-state index contributed by atoms with van der Waals surface area (Å²) in [5.74, 6) is 0.461. The van der Waals surface area contributed by atoms with Crippen LogP contribution in [0.5, 0.6) is 0 Å². The van der Waals surface area contributed by atoms with Gasteiger partial charge < -0.3 is 9.67 Å². The van der Waals surface area contributed by atoms with Gasteiger partial charge in [-0.3, -0.25) is 15.0 Å². The largest absolute Gasteiger partial charge is 0.372 e. The Kier molecular flexibility index (Phi) is 4.69. The van der Waals surface area contributed by atoms with Gasteiger partial charge in [0.05, 0.1) is 18.8 Å². The minimum absolute atomic E-state index is 0.143. The van der Waals surface area contributed by atoms with Gasteiger partial charge in [-0.2, -0.15) is 0 Å². The Balaban J connectivity index is 1.42. The highest BCUT2D eigenvalue weighted by atomic mass is 16.3. The van der Waals surface area contributed by atoms with Gasteiger partial charge in [-0.25, -0.2) is 9.67 Å². The van der Waals surface area contributed by atoms with Crippen LogP contribution in [0.4, 0.5) is 5.95 Å². The van der Waals surface area contributed by atoms with E-state index in [2.05, 4.69) is 20.6 Å². The number of aliphatic hydroxyl groups is 1. The minimum atomic E-state index is -1.08. The Morgan fingerprint density at radius 2 is 2.15 bits per heavy atom. The molecule has 0 spiro atoms. The van der Waals surface area contributed by atoms with E-state index in [-0.39, 0.29) is 5.91 Å². The van der Waals surface area contributed by atoms with Crippen molar-refractivity contribution in [3.63, 3.8) is 0 Å². The summed E-state index contributed by atoms with van der Waals surface area (Å²) in [6.07, 6.45) is 4.66. The van der Waals surface area contributed by atoms with Crippen molar-refractivity contribution in [3.8, 4) is 0 Å². The number of likely N-dealkylation sites (N-methyl/N-ethyl adjacent to an activating group) is 1. The van der Waals surface area contributed by atoms with Crippen molar-refractivity contribution in [2.24, 2.45) is 0 Å². The quantitative estimate of drug-likeness (QED) is 0.639. The summed E-state index contributed by atoms with van der Waals surface area (Å²) in [7, 11) is 1.68. The molecule has 1 aromatic carbocycles. The standard InChI is InChI=1S/C18H21N7O2/c1-23-17(27)14(7-9-24-10-8-19-18(23)24)20-16(26)15-12-25(22-21-15)11-13-5-3-2-4-6-13/h2-6,8,10,12,14,16,20,26H,7,9,11H2,1H3. The monoisotopic (exact) mass is 367 g/mol. The number of amides is 1. The molecule has 4 rings (SSSR count).